The van der Waals surface area contributed by atoms with Crippen LogP contribution in [-0.4, -0.2) is 41.3 Å². The van der Waals surface area contributed by atoms with E-state index >= 15 is 0 Å². The SMILES string of the molecule is CCC(O)N1C(=O)C(N2CCC(Cc3ccccc3)CC2)CCc2ccccc21. The molecule has 4 heteroatoms. The van der Waals surface area contributed by atoms with Gasteiger partial charge in [0.25, 0.3) is 0 Å². The fraction of sp³-hybridized carbons (Fsp3) is 0.480. The minimum Gasteiger partial charge on any atom is -0.373 e. The Morgan fingerprint density at radius 1 is 1.00 bits per heavy atom. The maximum absolute atomic E-state index is 13.5. The van der Waals surface area contributed by atoms with Gasteiger partial charge in [-0.15, -0.1) is 0 Å². The van der Waals surface area contributed by atoms with Crippen molar-refractivity contribution in [3.05, 3.63) is 65.7 Å². The van der Waals surface area contributed by atoms with E-state index in [2.05, 4.69) is 41.3 Å². The number of likely N-dealkylation sites (tertiary alicyclic amines) is 1. The summed E-state index contributed by atoms with van der Waals surface area (Å²) in [5.74, 6) is 0.745. The lowest BCUT2D eigenvalue weighted by molar-refractivity contribution is -0.126. The number of benzene rings is 2. The van der Waals surface area contributed by atoms with Crippen LogP contribution in [0.2, 0.25) is 0 Å². The molecule has 1 amide bonds. The molecule has 29 heavy (non-hydrogen) atoms. The fourth-order valence-electron chi connectivity index (χ4n) is 4.90. The fourth-order valence-corrected chi connectivity index (χ4v) is 4.90. The van der Waals surface area contributed by atoms with Crippen LogP contribution in [0.5, 0.6) is 0 Å². The number of rotatable bonds is 5. The molecule has 2 aliphatic rings. The molecule has 2 aromatic carbocycles. The highest BCUT2D eigenvalue weighted by atomic mass is 16.3. The Kier molecular flexibility index (Phi) is 6.31. The maximum Gasteiger partial charge on any atom is 0.246 e. The van der Waals surface area contributed by atoms with Gasteiger partial charge in [0.15, 0.2) is 0 Å². The van der Waals surface area contributed by atoms with Gasteiger partial charge in [-0.05, 0) is 74.7 Å². The molecule has 2 heterocycles. The van der Waals surface area contributed by atoms with Gasteiger partial charge < -0.3 is 5.11 Å². The molecule has 0 radical (unpaired) electrons. The number of aliphatic hydroxyl groups is 1. The normalized spacial score (nSPS) is 22.2. The number of aliphatic hydroxyl groups excluding tert-OH is 1. The number of carbonyl (C=O) groups is 1. The first kappa shape index (κ1) is 20.1. The molecule has 0 aliphatic carbocycles. The molecule has 2 aliphatic heterocycles. The number of carbonyl (C=O) groups excluding carboxylic acids is 1. The molecule has 1 N–H and O–H groups in total. The van der Waals surface area contributed by atoms with Crippen LogP contribution in [0.15, 0.2) is 54.6 Å². The topological polar surface area (TPSA) is 43.8 Å². The zero-order valence-corrected chi connectivity index (χ0v) is 17.3. The van der Waals surface area contributed by atoms with Crippen LogP contribution >= 0.6 is 0 Å². The molecule has 154 valence electrons. The number of aryl methyl sites for hydroxylation is 1. The number of hydrogen-bond donors (Lipinski definition) is 1. The van der Waals surface area contributed by atoms with Gasteiger partial charge >= 0.3 is 0 Å². The predicted octanol–water partition coefficient (Wildman–Crippen LogP) is 4.02. The van der Waals surface area contributed by atoms with E-state index in [-0.39, 0.29) is 11.9 Å². The highest BCUT2D eigenvalue weighted by molar-refractivity contribution is 5.99. The Labute approximate surface area is 174 Å². The molecule has 2 aromatic rings. The number of hydrogen-bond acceptors (Lipinski definition) is 3. The second-order valence-electron chi connectivity index (χ2n) is 8.45. The van der Waals surface area contributed by atoms with Gasteiger partial charge in [0.2, 0.25) is 5.91 Å². The van der Waals surface area contributed by atoms with Crippen LogP contribution < -0.4 is 4.90 Å². The van der Waals surface area contributed by atoms with Crippen LogP contribution in [0.3, 0.4) is 0 Å². The lowest BCUT2D eigenvalue weighted by Crippen LogP contribution is -2.53. The van der Waals surface area contributed by atoms with Gasteiger partial charge in [-0.3, -0.25) is 14.6 Å². The van der Waals surface area contributed by atoms with E-state index in [1.807, 2.05) is 25.1 Å². The number of nitrogens with zero attached hydrogens (tertiary/aromatic N) is 2. The van der Waals surface area contributed by atoms with E-state index in [1.54, 1.807) is 4.90 Å². The van der Waals surface area contributed by atoms with Crippen molar-refractivity contribution in [3.8, 4) is 0 Å². The van der Waals surface area contributed by atoms with Crippen LogP contribution in [0, 0.1) is 5.92 Å². The average Bonchev–Trinajstić information content (AvgIpc) is 2.91. The van der Waals surface area contributed by atoms with Gasteiger partial charge in [0.05, 0.1) is 6.04 Å². The van der Waals surface area contributed by atoms with Gasteiger partial charge in [-0.1, -0.05) is 55.5 Å². The largest absolute Gasteiger partial charge is 0.373 e. The van der Waals surface area contributed by atoms with Gasteiger partial charge in [0.1, 0.15) is 6.23 Å². The van der Waals surface area contributed by atoms with Crippen LogP contribution in [0.25, 0.3) is 0 Å². The number of fused-ring (bicyclic) bond motifs is 1. The van der Waals surface area contributed by atoms with Crippen LogP contribution in [-0.2, 0) is 17.6 Å². The van der Waals surface area contributed by atoms with E-state index in [1.165, 1.54) is 5.56 Å². The van der Waals surface area contributed by atoms with E-state index < -0.39 is 6.23 Å². The molecule has 0 saturated carbocycles. The zero-order valence-electron chi connectivity index (χ0n) is 17.3. The molecule has 2 unspecified atom stereocenters. The number of para-hydroxylation sites is 1. The highest BCUT2D eigenvalue weighted by Crippen LogP contribution is 2.32. The minimum atomic E-state index is -0.764. The van der Waals surface area contributed by atoms with Crippen molar-refractivity contribution in [2.45, 2.75) is 57.7 Å². The summed E-state index contributed by atoms with van der Waals surface area (Å²) < 4.78 is 0. The first-order chi connectivity index (χ1) is 14.2. The molecule has 4 rings (SSSR count). The lowest BCUT2D eigenvalue weighted by atomic mass is 9.89. The number of anilines is 1. The number of piperidine rings is 1. The second-order valence-corrected chi connectivity index (χ2v) is 8.45. The molecule has 1 saturated heterocycles. The zero-order chi connectivity index (χ0) is 20.2. The van der Waals surface area contributed by atoms with Crippen LogP contribution in [0.4, 0.5) is 5.69 Å². The van der Waals surface area contributed by atoms with Crippen molar-refractivity contribution in [2.24, 2.45) is 5.92 Å². The van der Waals surface area contributed by atoms with Gasteiger partial charge in [-0.25, -0.2) is 0 Å². The van der Waals surface area contributed by atoms with E-state index in [0.717, 1.165) is 56.4 Å². The molecular weight excluding hydrogens is 360 g/mol. The van der Waals surface area contributed by atoms with Crippen molar-refractivity contribution >= 4 is 11.6 Å². The van der Waals surface area contributed by atoms with Crippen molar-refractivity contribution in [1.29, 1.82) is 0 Å². The van der Waals surface area contributed by atoms with E-state index in [9.17, 15) is 9.90 Å². The molecule has 0 spiro atoms. The third kappa shape index (κ3) is 4.39. The summed E-state index contributed by atoms with van der Waals surface area (Å²) in [6.45, 7) is 3.84. The first-order valence-electron chi connectivity index (χ1n) is 11.0. The summed E-state index contributed by atoms with van der Waals surface area (Å²) in [5, 5.41) is 10.6. The lowest BCUT2D eigenvalue weighted by Gasteiger charge is -2.39. The Morgan fingerprint density at radius 3 is 2.41 bits per heavy atom. The Hall–Kier alpha value is -2.17. The molecular formula is C25H32N2O2. The molecule has 2 atom stereocenters. The Bertz CT molecular complexity index is 815. The third-order valence-electron chi connectivity index (χ3n) is 6.58. The Morgan fingerprint density at radius 2 is 1.69 bits per heavy atom. The Balaban J connectivity index is 1.46. The summed E-state index contributed by atoms with van der Waals surface area (Å²) in [6, 6.07) is 18.6. The predicted molar refractivity (Wildman–Crippen MR) is 117 cm³/mol. The average molecular weight is 393 g/mol. The van der Waals surface area contributed by atoms with Crippen molar-refractivity contribution < 1.29 is 9.90 Å². The van der Waals surface area contributed by atoms with E-state index in [4.69, 9.17) is 0 Å². The number of amides is 1. The van der Waals surface area contributed by atoms with Crippen molar-refractivity contribution in [1.82, 2.24) is 4.90 Å². The van der Waals surface area contributed by atoms with Gasteiger partial charge in [0, 0.05) is 5.69 Å². The highest BCUT2D eigenvalue weighted by Gasteiger charge is 2.37. The minimum absolute atomic E-state index is 0.0609. The molecule has 4 nitrogen and oxygen atoms in total. The summed E-state index contributed by atoms with van der Waals surface area (Å²) in [7, 11) is 0. The smallest absolute Gasteiger partial charge is 0.246 e. The molecule has 0 bridgehead atoms. The molecule has 0 aromatic heterocycles. The van der Waals surface area contributed by atoms with Crippen LogP contribution in [0.1, 0.15) is 43.7 Å². The standard InChI is InChI=1S/C25H32N2O2/c1-2-24(28)27-22-11-7-6-10-21(22)12-13-23(25(27)29)26-16-14-20(15-17-26)18-19-8-4-3-5-9-19/h3-11,20,23-24,28H,2,12-18H2,1H3. The summed E-state index contributed by atoms with van der Waals surface area (Å²) in [4.78, 5) is 17.5. The second kappa shape index (κ2) is 9.10. The summed E-state index contributed by atoms with van der Waals surface area (Å²) in [6.07, 6.45) is 4.85. The summed E-state index contributed by atoms with van der Waals surface area (Å²) in [5.41, 5.74) is 3.45. The van der Waals surface area contributed by atoms with E-state index in [0.29, 0.717) is 12.3 Å². The quantitative estimate of drug-likeness (QED) is 0.836. The monoisotopic (exact) mass is 392 g/mol. The third-order valence-corrected chi connectivity index (χ3v) is 6.58. The maximum atomic E-state index is 13.5. The van der Waals surface area contributed by atoms with Crippen molar-refractivity contribution in [3.63, 3.8) is 0 Å². The van der Waals surface area contributed by atoms with Crippen molar-refractivity contribution in [2.75, 3.05) is 18.0 Å². The molecule has 1 fully saturated rings. The first-order valence-corrected chi connectivity index (χ1v) is 11.0. The summed E-state index contributed by atoms with van der Waals surface area (Å²) >= 11 is 0. The van der Waals surface area contributed by atoms with Gasteiger partial charge in [-0.2, -0.15) is 0 Å².